The quantitative estimate of drug-likeness (QED) is 0.483. The zero-order valence-electron chi connectivity index (χ0n) is 8.11. The number of hydrogen-bond acceptors (Lipinski definition) is 6. The average Bonchev–Trinajstić information content (AvgIpc) is 2.16. The lowest BCUT2D eigenvalue weighted by Crippen LogP contribution is -2.02. The van der Waals surface area contributed by atoms with Crippen LogP contribution < -0.4 is 5.43 Å². The number of benzene rings is 1. The standard InChI is InChI=1S/C7H7N4O4S/c1-16(14,15)7-4-5(11(12)13)2-3-6(7)9-10-8/h2-4,9H,1H3/q+1. The van der Waals surface area contributed by atoms with Crippen molar-refractivity contribution in [2.45, 2.75) is 4.90 Å². The van der Waals surface area contributed by atoms with Gasteiger partial charge in [0.2, 0.25) is 0 Å². The lowest BCUT2D eigenvalue weighted by Gasteiger charge is -2.00. The SMILES string of the molecule is CS(=O)(=O)c1cc([N+](=O)[O-])ccc1N[N+]#N. The molecule has 0 fully saturated rings. The smallest absolute Gasteiger partial charge is 0.258 e. The summed E-state index contributed by atoms with van der Waals surface area (Å²) >= 11 is 0. The first kappa shape index (κ1) is 11.9. The molecule has 0 aromatic heterocycles. The third kappa shape index (κ3) is 2.43. The molecule has 0 saturated carbocycles. The molecule has 0 radical (unpaired) electrons. The van der Waals surface area contributed by atoms with Crippen molar-refractivity contribution < 1.29 is 13.3 Å². The Labute approximate surface area is 90.6 Å². The Kier molecular flexibility index (Phi) is 3.05. The maximum atomic E-state index is 11.3. The van der Waals surface area contributed by atoms with E-state index < -0.39 is 14.8 Å². The lowest BCUT2D eigenvalue weighted by atomic mass is 10.3. The molecule has 0 saturated heterocycles. The largest absolute Gasteiger partial charge is 0.308 e. The molecule has 1 rings (SSSR count). The summed E-state index contributed by atoms with van der Waals surface area (Å²) in [6, 6.07) is 3.14. The minimum atomic E-state index is -3.65. The van der Waals surface area contributed by atoms with Crippen LogP contribution in [0.5, 0.6) is 0 Å². The zero-order valence-corrected chi connectivity index (χ0v) is 8.93. The van der Waals surface area contributed by atoms with Crippen molar-refractivity contribution in [2.24, 2.45) is 0 Å². The van der Waals surface area contributed by atoms with Crippen LogP contribution in [0.2, 0.25) is 0 Å². The molecule has 0 atom stereocenters. The third-order valence-corrected chi connectivity index (χ3v) is 2.88. The van der Waals surface area contributed by atoms with E-state index >= 15 is 0 Å². The van der Waals surface area contributed by atoms with Crippen LogP contribution >= 0.6 is 0 Å². The highest BCUT2D eigenvalue weighted by Crippen LogP contribution is 2.26. The number of nitrogens with zero attached hydrogens (tertiary/aromatic N) is 3. The second-order valence-corrected chi connectivity index (χ2v) is 4.91. The summed E-state index contributed by atoms with van der Waals surface area (Å²) in [6.45, 7) is 0. The molecule has 9 heteroatoms. The first-order valence-corrected chi connectivity index (χ1v) is 5.84. The predicted octanol–water partition coefficient (Wildman–Crippen LogP) is 1.18. The van der Waals surface area contributed by atoms with Gasteiger partial charge in [0.1, 0.15) is 10.6 Å². The summed E-state index contributed by atoms with van der Waals surface area (Å²) in [5.41, 5.74) is 1.64. The molecular weight excluding hydrogens is 236 g/mol. The molecule has 0 aliphatic heterocycles. The minimum Gasteiger partial charge on any atom is -0.258 e. The average molecular weight is 243 g/mol. The summed E-state index contributed by atoms with van der Waals surface area (Å²) in [5, 5.41) is 21.3. The maximum absolute atomic E-state index is 11.3. The van der Waals surface area contributed by atoms with Crippen LogP contribution in [0, 0.1) is 15.5 Å². The number of anilines is 1. The molecular formula is C7H7N4O4S+. The Bertz CT molecular complexity index is 575. The van der Waals surface area contributed by atoms with Gasteiger partial charge in [-0.05, 0) is 11.5 Å². The zero-order chi connectivity index (χ0) is 12.3. The van der Waals surface area contributed by atoms with Gasteiger partial charge in [0.15, 0.2) is 9.84 Å². The van der Waals surface area contributed by atoms with E-state index in [1.807, 2.05) is 5.43 Å². The summed E-state index contributed by atoms with van der Waals surface area (Å²) in [5.74, 6) is 0. The van der Waals surface area contributed by atoms with Crippen LogP contribution in [0.15, 0.2) is 23.1 Å². The number of sulfone groups is 1. The van der Waals surface area contributed by atoms with Crippen molar-refractivity contribution in [3.05, 3.63) is 33.4 Å². The number of nitro benzene ring substituents is 1. The predicted molar refractivity (Wildman–Crippen MR) is 54.9 cm³/mol. The lowest BCUT2D eigenvalue weighted by molar-refractivity contribution is -0.385. The van der Waals surface area contributed by atoms with E-state index in [0.717, 1.165) is 24.5 Å². The van der Waals surface area contributed by atoms with Crippen LogP contribution in [0.4, 0.5) is 11.4 Å². The number of nitrogens with one attached hydrogen (secondary N) is 1. The molecule has 84 valence electrons. The molecule has 0 spiro atoms. The fourth-order valence-electron chi connectivity index (χ4n) is 1.08. The van der Waals surface area contributed by atoms with Crippen LogP contribution in [0.25, 0.3) is 5.08 Å². The van der Waals surface area contributed by atoms with Crippen molar-refractivity contribution in [1.82, 2.24) is 0 Å². The number of diazo groups is 1. The maximum Gasteiger partial charge on any atom is 0.308 e. The highest BCUT2D eigenvalue weighted by Gasteiger charge is 2.20. The van der Waals surface area contributed by atoms with Gasteiger partial charge in [-0.15, -0.1) is 0 Å². The van der Waals surface area contributed by atoms with E-state index in [1.54, 1.807) is 0 Å². The molecule has 0 heterocycles. The molecule has 1 aromatic carbocycles. The summed E-state index contributed by atoms with van der Waals surface area (Å²) in [7, 11) is -3.65. The Morgan fingerprint density at radius 3 is 2.56 bits per heavy atom. The third-order valence-electron chi connectivity index (χ3n) is 1.75. The van der Waals surface area contributed by atoms with E-state index in [1.165, 1.54) is 0 Å². The molecule has 8 nitrogen and oxygen atoms in total. The Balaban J connectivity index is 3.46. The monoisotopic (exact) mass is 243 g/mol. The first-order valence-electron chi connectivity index (χ1n) is 3.95. The molecule has 0 bridgehead atoms. The minimum absolute atomic E-state index is 0.0319. The van der Waals surface area contributed by atoms with Gasteiger partial charge in [-0.1, -0.05) is 0 Å². The Hall–Kier alpha value is -2.21. The van der Waals surface area contributed by atoms with E-state index in [4.69, 9.17) is 5.39 Å². The van der Waals surface area contributed by atoms with Crippen LogP contribution in [0.1, 0.15) is 0 Å². The Morgan fingerprint density at radius 1 is 1.50 bits per heavy atom. The normalized spacial score (nSPS) is 10.5. The summed E-state index contributed by atoms with van der Waals surface area (Å²) in [6.07, 6.45) is 0.897. The summed E-state index contributed by atoms with van der Waals surface area (Å²) in [4.78, 5) is 9.45. The van der Waals surface area contributed by atoms with Crippen molar-refractivity contribution in [2.75, 3.05) is 11.7 Å². The van der Waals surface area contributed by atoms with Crippen molar-refractivity contribution in [3.63, 3.8) is 0 Å². The van der Waals surface area contributed by atoms with Crippen molar-refractivity contribution in [1.29, 1.82) is 5.39 Å². The van der Waals surface area contributed by atoms with Crippen molar-refractivity contribution in [3.8, 4) is 0 Å². The van der Waals surface area contributed by atoms with E-state index in [9.17, 15) is 18.5 Å². The molecule has 0 unspecified atom stereocenters. The number of rotatable bonds is 3. The van der Waals surface area contributed by atoms with E-state index in [2.05, 4.69) is 5.08 Å². The van der Waals surface area contributed by atoms with E-state index in [0.29, 0.717) is 0 Å². The van der Waals surface area contributed by atoms with Crippen LogP contribution in [-0.4, -0.2) is 19.6 Å². The number of non-ortho nitro benzene ring substituents is 1. The molecule has 0 amide bonds. The summed E-state index contributed by atoms with van der Waals surface area (Å²) < 4.78 is 22.6. The topological polar surface area (TPSA) is 117 Å². The van der Waals surface area contributed by atoms with Gasteiger partial charge in [0, 0.05) is 18.4 Å². The Morgan fingerprint density at radius 2 is 2.12 bits per heavy atom. The molecule has 0 aliphatic carbocycles. The van der Waals surface area contributed by atoms with Gasteiger partial charge in [0.25, 0.3) is 11.1 Å². The van der Waals surface area contributed by atoms with Crippen molar-refractivity contribution >= 4 is 21.2 Å². The second-order valence-electron chi connectivity index (χ2n) is 2.92. The van der Waals surface area contributed by atoms with Gasteiger partial charge in [-0.2, -0.15) is 0 Å². The molecule has 1 aromatic rings. The first-order chi connectivity index (χ1) is 7.36. The van der Waals surface area contributed by atoms with Gasteiger partial charge in [-0.25, -0.2) is 8.42 Å². The fourth-order valence-corrected chi connectivity index (χ4v) is 1.93. The van der Waals surface area contributed by atoms with Gasteiger partial charge in [-0.3, -0.25) is 10.1 Å². The van der Waals surface area contributed by atoms with Crippen LogP contribution in [0.3, 0.4) is 0 Å². The molecule has 0 aliphatic rings. The molecule has 1 N–H and O–H groups in total. The fraction of sp³-hybridized carbons (Fsp3) is 0.143. The highest BCUT2D eigenvalue weighted by atomic mass is 32.2. The van der Waals surface area contributed by atoms with Gasteiger partial charge in [0.05, 0.1) is 4.92 Å². The van der Waals surface area contributed by atoms with Gasteiger partial charge >= 0.3 is 5.08 Å². The number of hydrogen-bond donors (Lipinski definition) is 1. The van der Waals surface area contributed by atoms with E-state index in [-0.39, 0.29) is 16.3 Å². The molecule has 16 heavy (non-hydrogen) atoms. The van der Waals surface area contributed by atoms with Gasteiger partial charge < -0.3 is 0 Å². The van der Waals surface area contributed by atoms with Crippen LogP contribution in [-0.2, 0) is 9.84 Å². The number of nitro groups is 1. The second kappa shape index (κ2) is 4.11. The highest BCUT2D eigenvalue weighted by molar-refractivity contribution is 7.90.